The molecule has 1 radical (unpaired) electrons. The van der Waals surface area contributed by atoms with Gasteiger partial charge in [0.1, 0.15) is 0 Å². The lowest BCUT2D eigenvalue weighted by molar-refractivity contribution is -0.143. The van der Waals surface area contributed by atoms with Gasteiger partial charge in [-0.1, -0.05) is 11.8 Å². The molecule has 1 heterocycles. The van der Waals surface area contributed by atoms with Gasteiger partial charge >= 0.3 is 0 Å². The molecule has 1 fully saturated rings. The van der Waals surface area contributed by atoms with Gasteiger partial charge in [0.2, 0.25) is 5.12 Å². The summed E-state index contributed by atoms with van der Waals surface area (Å²) in [7, 11) is 0. The van der Waals surface area contributed by atoms with E-state index in [1.54, 1.807) is 0 Å². The number of hydrogen-bond acceptors (Lipinski definition) is 3. The zero-order chi connectivity index (χ0) is 9.14. The van der Waals surface area contributed by atoms with E-state index in [1.165, 1.54) is 23.6 Å². The van der Waals surface area contributed by atoms with E-state index in [4.69, 9.17) is 0 Å². The van der Waals surface area contributed by atoms with Crippen LogP contribution in [0.1, 0.15) is 6.92 Å². The van der Waals surface area contributed by atoms with Gasteiger partial charge in [-0.15, -0.1) is 0 Å². The molecule has 5 heteroatoms. The first-order valence-electron chi connectivity index (χ1n) is 3.71. The highest BCUT2D eigenvalue weighted by molar-refractivity contribution is 8.13. The fraction of sp³-hybridized carbons (Fsp3) is 0.714. The number of nitrogens with zero attached hydrogens (tertiary/aromatic N) is 1. The lowest BCUT2D eigenvalue weighted by atomic mass is 10.3. The second-order valence-corrected chi connectivity index (χ2v) is 3.77. The second-order valence-electron chi connectivity index (χ2n) is 2.62. The summed E-state index contributed by atoms with van der Waals surface area (Å²) in [5.41, 5.74) is 0. The minimum atomic E-state index is -1.25. The average molecular weight is 188 g/mol. The normalized spacial score (nSPS) is 20.8. The summed E-state index contributed by atoms with van der Waals surface area (Å²) in [6.45, 7) is 1.91. The molecule has 0 aromatic carbocycles. The summed E-state index contributed by atoms with van der Waals surface area (Å²) >= 11 is 1.22. The number of carbonyl (C=O) groups is 2. The van der Waals surface area contributed by atoms with E-state index in [-0.39, 0.29) is 11.7 Å². The van der Waals surface area contributed by atoms with Gasteiger partial charge in [-0.2, -0.15) is 0 Å². The maximum atomic E-state index is 11.1. The Kier molecular flexibility index (Phi) is 3.11. The van der Waals surface area contributed by atoms with Crippen LogP contribution in [0, 0.1) is 0 Å². The van der Waals surface area contributed by atoms with Crippen LogP contribution in [-0.2, 0) is 14.7 Å². The van der Waals surface area contributed by atoms with E-state index < -0.39 is 12.0 Å². The Hall–Kier alpha value is -0.550. The molecule has 12 heavy (non-hydrogen) atoms. The maximum Gasteiger partial charge on any atom is 0.255 e. The largest absolute Gasteiger partial charge is 0.331 e. The highest BCUT2D eigenvalue weighted by Gasteiger charge is 2.25. The molecule has 0 spiro atoms. The molecule has 1 saturated heterocycles. The summed E-state index contributed by atoms with van der Waals surface area (Å²) in [5.74, 6) is 0.140. The molecule has 0 aromatic rings. The Labute approximate surface area is 74.9 Å². The molecule has 1 atom stereocenters. The first-order valence-corrected chi connectivity index (χ1v) is 4.70. The van der Waals surface area contributed by atoms with Crippen LogP contribution in [0.2, 0.25) is 0 Å². The molecular weight excluding hydrogens is 178 g/mol. The number of amides is 1. The zero-order valence-electron chi connectivity index (χ0n) is 6.78. The molecule has 1 amide bonds. The van der Waals surface area contributed by atoms with Crippen molar-refractivity contribution in [3.63, 3.8) is 0 Å². The van der Waals surface area contributed by atoms with Crippen LogP contribution in [0.4, 0.5) is 0 Å². The number of hydrogen-bond donors (Lipinski definition) is 0. The SMILES string of the molecule is CC([O])C(=O)N1CCSC(=O)C1. The van der Waals surface area contributed by atoms with Gasteiger partial charge in [-0.05, 0) is 6.92 Å². The highest BCUT2D eigenvalue weighted by Crippen LogP contribution is 2.11. The second kappa shape index (κ2) is 3.91. The molecule has 0 aliphatic carbocycles. The highest BCUT2D eigenvalue weighted by atomic mass is 32.2. The van der Waals surface area contributed by atoms with Crippen molar-refractivity contribution in [2.24, 2.45) is 0 Å². The van der Waals surface area contributed by atoms with Crippen molar-refractivity contribution in [1.82, 2.24) is 4.90 Å². The third-order valence-electron chi connectivity index (χ3n) is 1.60. The van der Waals surface area contributed by atoms with Gasteiger partial charge in [0.25, 0.3) is 5.91 Å². The molecule has 1 aliphatic heterocycles. The fourth-order valence-electron chi connectivity index (χ4n) is 0.995. The van der Waals surface area contributed by atoms with E-state index >= 15 is 0 Å². The molecule has 67 valence electrons. The Morgan fingerprint density at radius 2 is 2.33 bits per heavy atom. The molecule has 0 saturated carbocycles. The molecule has 0 bridgehead atoms. The molecule has 1 aliphatic rings. The Morgan fingerprint density at radius 3 is 2.83 bits per heavy atom. The van der Waals surface area contributed by atoms with Gasteiger partial charge in [-0.25, -0.2) is 5.11 Å². The van der Waals surface area contributed by atoms with Crippen molar-refractivity contribution in [1.29, 1.82) is 0 Å². The number of rotatable bonds is 1. The van der Waals surface area contributed by atoms with Crippen molar-refractivity contribution in [3.05, 3.63) is 0 Å². The Morgan fingerprint density at radius 1 is 1.67 bits per heavy atom. The summed E-state index contributed by atoms with van der Waals surface area (Å²) < 4.78 is 0. The summed E-state index contributed by atoms with van der Waals surface area (Å²) in [6.07, 6.45) is -1.25. The van der Waals surface area contributed by atoms with Crippen LogP contribution in [0.3, 0.4) is 0 Å². The fourth-order valence-corrected chi connectivity index (χ4v) is 1.78. The van der Waals surface area contributed by atoms with Gasteiger partial charge in [0, 0.05) is 12.3 Å². The Balaban J connectivity index is 2.51. The smallest absolute Gasteiger partial charge is 0.255 e. The van der Waals surface area contributed by atoms with Crippen molar-refractivity contribution in [2.45, 2.75) is 13.0 Å². The minimum absolute atomic E-state index is 0.0322. The predicted octanol–water partition coefficient (Wildman–Crippen LogP) is -0.0926. The van der Waals surface area contributed by atoms with E-state index in [0.717, 1.165) is 0 Å². The molecule has 1 unspecified atom stereocenters. The predicted molar refractivity (Wildman–Crippen MR) is 44.2 cm³/mol. The Bertz CT molecular complexity index is 205. The molecule has 1 rings (SSSR count). The van der Waals surface area contributed by atoms with Crippen molar-refractivity contribution >= 4 is 22.8 Å². The first-order chi connectivity index (χ1) is 5.61. The number of thioether (sulfide) groups is 1. The molecule has 4 nitrogen and oxygen atoms in total. The van der Waals surface area contributed by atoms with E-state index in [2.05, 4.69) is 0 Å². The van der Waals surface area contributed by atoms with Crippen LogP contribution >= 0.6 is 11.8 Å². The summed E-state index contributed by atoms with van der Waals surface area (Å²) in [6, 6.07) is 0. The van der Waals surface area contributed by atoms with Crippen molar-refractivity contribution in [3.8, 4) is 0 Å². The van der Waals surface area contributed by atoms with Gasteiger partial charge in [0.15, 0.2) is 6.10 Å². The molecule has 0 aromatic heterocycles. The first kappa shape index (κ1) is 9.54. The van der Waals surface area contributed by atoms with Crippen LogP contribution < -0.4 is 0 Å². The van der Waals surface area contributed by atoms with Gasteiger partial charge in [0.05, 0.1) is 6.54 Å². The van der Waals surface area contributed by atoms with Crippen LogP contribution in [0.25, 0.3) is 0 Å². The van der Waals surface area contributed by atoms with Gasteiger partial charge < -0.3 is 4.90 Å². The molecular formula is C7H10NO3S. The van der Waals surface area contributed by atoms with Crippen LogP contribution in [-0.4, -0.2) is 40.9 Å². The third-order valence-corrected chi connectivity index (χ3v) is 2.44. The van der Waals surface area contributed by atoms with Crippen LogP contribution in [0.15, 0.2) is 0 Å². The maximum absolute atomic E-state index is 11.1. The zero-order valence-corrected chi connectivity index (χ0v) is 7.60. The topological polar surface area (TPSA) is 57.3 Å². The minimum Gasteiger partial charge on any atom is -0.331 e. The number of carbonyl (C=O) groups excluding carboxylic acids is 2. The molecule has 0 N–H and O–H groups in total. The van der Waals surface area contributed by atoms with Crippen LogP contribution in [0.5, 0.6) is 0 Å². The average Bonchev–Trinajstić information content (AvgIpc) is 2.03. The monoisotopic (exact) mass is 188 g/mol. The lowest BCUT2D eigenvalue weighted by Gasteiger charge is -2.25. The third kappa shape index (κ3) is 2.22. The van der Waals surface area contributed by atoms with E-state index in [1.807, 2.05) is 0 Å². The summed E-state index contributed by atoms with van der Waals surface area (Å²) in [5, 5.41) is 10.7. The van der Waals surface area contributed by atoms with Gasteiger partial charge in [-0.3, -0.25) is 9.59 Å². The van der Waals surface area contributed by atoms with Crippen molar-refractivity contribution < 1.29 is 14.7 Å². The summed E-state index contributed by atoms with van der Waals surface area (Å²) in [4.78, 5) is 23.3. The lowest BCUT2D eigenvalue weighted by Crippen LogP contribution is -2.44. The quantitative estimate of drug-likeness (QED) is 0.577. The van der Waals surface area contributed by atoms with E-state index in [0.29, 0.717) is 12.3 Å². The van der Waals surface area contributed by atoms with E-state index in [9.17, 15) is 14.7 Å². The standard InChI is InChI=1S/C7H10NO3S/c1-5(9)7(11)8-2-3-12-6(10)4-8/h5H,2-4H2,1H3. The van der Waals surface area contributed by atoms with Crippen molar-refractivity contribution in [2.75, 3.05) is 18.8 Å².